The molecule has 352 valence electrons. The van der Waals surface area contributed by atoms with Crippen LogP contribution < -0.4 is 29.6 Å². The number of aliphatic hydroxyl groups excluding tert-OH is 2. The maximum absolute atomic E-state index is 13.8. The van der Waals surface area contributed by atoms with Gasteiger partial charge in [0.1, 0.15) is 0 Å². The van der Waals surface area contributed by atoms with Gasteiger partial charge in [0, 0.05) is 0 Å². The van der Waals surface area contributed by atoms with Crippen LogP contribution in [0.25, 0.3) is 0 Å². The van der Waals surface area contributed by atoms with E-state index in [0.717, 1.165) is 61.2 Å². The molecule has 0 saturated heterocycles. The average Bonchev–Trinajstić information content (AvgIpc) is 3.72. The van der Waals surface area contributed by atoms with Gasteiger partial charge >= 0.3 is 40.0 Å². The van der Waals surface area contributed by atoms with Crippen molar-refractivity contribution >= 4 is 10.4 Å². The zero-order valence-corrected chi connectivity index (χ0v) is 44.7. The molecule has 0 heterocycles. The molecule has 8 rings (SSSR count). The van der Waals surface area contributed by atoms with E-state index in [-0.39, 0.29) is 52.2 Å². The van der Waals surface area contributed by atoms with Gasteiger partial charge in [-0.15, -0.1) is 0 Å². The van der Waals surface area contributed by atoms with E-state index < -0.39 is 34.8 Å². The Morgan fingerprint density at radius 3 is 1.21 bits per heavy atom. The fraction of sp³-hybridized carbons (Fsp3) is 1.00. The molecule has 0 spiro atoms. The minimum absolute atomic E-state index is 0. The summed E-state index contributed by atoms with van der Waals surface area (Å²) in [6.45, 7) is 24.6. The molecule has 8 saturated carbocycles. The van der Waals surface area contributed by atoms with E-state index >= 15 is 0 Å². The normalized spacial score (nSPS) is 48.5. The van der Waals surface area contributed by atoms with E-state index in [9.17, 15) is 18.6 Å². The van der Waals surface area contributed by atoms with E-state index in [1.54, 1.807) is 0 Å². The molecule has 6 unspecified atom stereocenters. The van der Waals surface area contributed by atoms with Crippen LogP contribution in [0.1, 0.15) is 210 Å². The summed E-state index contributed by atoms with van der Waals surface area (Å²) < 4.78 is 39.6. The first-order chi connectivity index (χ1) is 28.7. The van der Waals surface area contributed by atoms with Crippen LogP contribution in [0.15, 0.2) is 0 Å². The fourth-order valence-electron chi connectivity index (χ4n) is 19.1. The first kappa shape index (κ1) is 50.7. The third kappa shape index (κ3) is 9.31. The summed E-state index contributed by atoms with van der Waals surface area (Å²) in [6, 6.07) is 0. The Labute approximate surface area is 403 Å². The van der Waals surface area contributed by atoms with Crippen LogP contribution in [-0.4, -0.2) is 43.0 Å². The SMILES string of the molecule is CC(C)CCC[C@@H](C)[C@H]1CC[C@H]2[C@@H]3CC(O)C4CC(OS(=O)(=O)OC5CC[C@@]6(C)C(C5)C(O)C[C@H]5[C@@H]7CC[C@H]([C@H](C)CCCC(C)C)[C@@]7(C)CC[C@@H]56)CC[C@]4(C)[C@H]3CC[C@]12C.[Na+]. The van der Waals surface area contributed by atoms with E-state index in [1.165, 1.54) is 89.9 Å². The number of rotatable bonds is 14. The van der Waals surface area contributed by atoms with Crippen molar-refractivity contribution in [3.63, 3.8) is 0 Å². The van der Waals surface area contributed by atoms with E-state index in [4.69, 9.17) is 8.37 Å². The molecule has 0 aromatic heterocycles. The summed E-state index contributed by atoms with van der Waals surface area (Å²) in [4.78, 5) is 0. The van der Waals surface area contributed by atoms with Crippen molar-refractivity contribution in [2.24, 2.45) is 105 Å². The van der Waals surface area contributed by atoms with Crippen molar-refractivity contribution < 1.29 is 56.6 Å². The summed E-state index contributed by atoms with van der Waals surface area (Å²) >= 11 is 0. The molecule has 0 bridgehead atoms. The Morgan fingerprint density at radius 1 is 0.484 bits per heavy atom. The Bertz CT molecular complexity index is 1510. The molecule has 0 aromatic rings. The van der Waals surface area contributed by atoms with Gasteiger partial charge in [-0.05, 0) is 207 Å². The van der Waals surface area contributed by atoms with Gasteiger partial charge in [-0.25, -0.2) is 8.37 Å². The molecule has 8 heteroatoms. The second-order valence-electron chi connectivity index (χ2n) is 26.0. The third-order valence-electron chi connectivity index (χ3n) is 22.2. The van der Waals surface area contributed by atoms with Gasteiger partial charge in [0.25, 0.3) is 0 Å². The van der Waals surface area contributed by atoms with E-state index in [2.05, 4.69) is 69.2 Å². The topological polar surface area (TPSA) is 93.1 Å². The van der Waals surface area contributed by atoms with Gasteiger partial charge < -0.3 is 10.2 Å². The van der Waals surface area contributed by atoms with Crippen LogP contribution in [0.2, 0.25) is 0 Å². The molecule has 0 radical (unpaired) electrons. The Kier molecular flexibility index (Phi) is 15.8. The van der Waals surface area contributed by atoms with Crippen molar-refractivity contribution in [2.45, 2.75) is 235 Å². The van der Waals surface area contributed by atoms with Gasteiger partial charge in [0.05, 0.1) is 24.4 Å². The zero-order chi connectivity index (χ0) is 43.9. The minimum Gasteiger partial charge on any atom is -0.393 e. The smallest absolute Gasteiger partial charge is 0.393 e. The molecule has 6 nitrogen and oxygen atoms in total. The second kappa shape index (κ2) is 19.3. The first-order valence-electron chi connectivity index (χ1n) is 26.7. The Hall–Kier alpha value is 0.790. The van der Waals surface area contributed by atoms with Crippen molar-refractivity contribution in [3.8, 4) is 0 Å². The van der Waals surface area contributed by atoms with Crippen molar-refractivity contribution in [1.82, 2.24) is 0 Å². The maximum Gasteiger partial charge on any atom is 1.00 e. The molecule has 0 aliphatic heterocycles. The average molecular weight is 894 g/mol. The van der Waals surface area contributed by atoms with Gasteiger partial charge in [-0.2, -0.15) is 8.42 Å². The first-order valence-corrected chi connectivity index (χ1v) is 28.0. The fourth-order valence-corrected chi connectivity index (χ4v) is 20.2. The van der Waals surface area contributed by atoms with Gasteiger partial charge in [0.15, 0.2) is 0 Å². The van der Waals surface area contributed by atoms with Crippen LogP contribution in [0.5, 0.6) is 0 Å². The molecule has 8 aliphatic carbocycles. The van der Waals surface area contributed by atoms with Gasteiger partial charge in [-0.3, -0.25) is 0 Å². The number of hydrogen-bond donors (Lipinski definition) is 2. The van der Waals surface area contributed by atoms with Crippen LogP contribution >= 0.6 is 0 Å². The van der Waals surface area contributed by atoms with Crippen LogP contribution in [-0.2, 0) is 18.8 Å². The number of hydrogen-bond acceptors (Lipinski definition) is 6. The number of fused-ring (bicyclic) bond motifs is 10. The monoisotopic (exact) mass is 894 g/mol. The van der Waals surface area contributed by atoms with Gasteiger partial charge in [0.2, 0.25) is 0 Å². The summed E-state index contributed by atoms with van der Waals surface area (Å²) in [5.41, 5.74) is 0.780. The quantitative estimate of drug-likeness (QED) is 0.169. The largest absolute Gasteiger partial charge is 1.00 e. The molecule has 8 aliphatic rings. The van der Waals surface area contributed by atoms with Crippen LogP contribution in [0.4, 0.5) is 0 Å². The molecule has 20 atom stereocenters. The summed E-state index contributed by atoms with van der Waals surface area (Å²) in [5, 5.41) is 23.9. The summed E-state index contributed by atoms with van der Waals surface area (Å²) in [5.74, 6) is 8.49. The van der Waals surface area contributed by atoms with E-state index in [1.807, 2.05) is 0 Å². The van der Waals surface area contributed by atoms with Crippen LogP contribution in [0.3, 0.4) is 0 Å². The molecular formula is C54H94NaO6S+. The zero-order valence-electron chi connectivity index (χ0n) is 41.9. The van der Waals surface area contributed by atoms with Gasteiger partial charge in [-0.1, -0.05) is 108 Å². The molecule has 62 heavy (non-hydrogen) atoms. The standard InChI is InChI=1S/C54H94O6S.Na/c1-33(2)13-11-15-35(5)41-17-19-43-39-31-49(55)47-29-37(21-25-53(47,9)45(39)23-27-51(41,43)7)59-61(57,58)60-38-22-26-54(10)46-24-28-52(8)42(36(6)16-12-14-34(3)4)18-20-44(52)40(46)32-50(56)48(54)30-38;/h33-50,55-56H,11-32H2,1-10H3;/q;+1/t35-,36-,37?,38?,39+,40+,41-,42-,43+,44+,45+,46+,47?,48?,49?,50?,51-,52-,53-,54-;/m1./s1. The molecular weight excluding hydrogens is 800 g/mol. The maximum atomic E-state index is 13.8. The molecule has 2 N–H and O–H groups in total. The Balaban J connectivity index is 0.00000578. The van der Waals surface area contributed by atoms with Crippen LogP contribution in [0, 0.1) is 105 Å². The molecule has 8 fully saturated rings. The third-order valence-corrected chi connectivity index (χ3v) is 23.2. The second-order valence-corrected chi connectivity index (χ2v) is 27.2. The predicted molar refractivity (Wildman–Crippen MR) is 248 cm³/mol. The van der Waals surface area contributed by atoms with Crippen molar-refractivity contribution in [1.29, 1.82) is 0 Å². The molecule has 0 amide bonds. The van der Waals surface area contributed by atoms with E-state index in [0.29, 0.717) is 72.0 Å². The van der Waals surface area contributed by atoms with Crippen molar-refractivity contribution in [2.75, 3.05) is 0 Å². The van der Waals surface area contributed by atoms with Crippen molar-refractivity contribution in [3.05, 3.63) is 0 Å². The number of aliphatic hydroxyl groups is 2. The summed E-state index contributed by atoms with van der Waals surface area (Å²) in [7, 11) is -4.23. The molecule has 0 aromatic carbocycles. The minimum atomic E-state index is -4.23. The predicted octanol–water partition coefficient (Wildman–Crippen LogP) is 10.2. The summed E-state index contributed by atoms with van der Waals surface area (Å²) in [6.07, 6.45) is 22.8. The Morgan fingerprint density at radius 2 is 0.839 bits per heavy atom.